The molecule has 0 aliphatic rings. The standard InChI is InChI=1S/C15H18N/c1-11-9-13(3)16(14(4)10-11)15-8-6-5-7-12(15)2/h5-10H,1-4H3/q+1. The molecule has 0 fully saturated rings. The van der Waals surface area contributed by atoms with E-state index in [-0.39, 0.29) is 0 Å². The van der Waals surface area contributed by atoms with Crippen molar-refractivity contribution in [1.82, 2.24) is 0 Å². The number of aryl methyl sites for hydroxylation is 4. The van der Waals surface area contributed by atoms with E-state index in [2.05, 4.69) is 68.7 Å². The number of para-hydroxylation sites is 1. The second kappa shape index (κ2) is 4.09. The lowest BCUT2D eigenvalue weighted by Gasteiger charge is -2.06. The van der Waals surface area contributed by atoms with Gasteiger partial charge < -0.3 is 0 Å². The number of hydrogen-bond donors (Lipinski definition) is 0. The van der Waals surface area contributed by atoms with E-state index in [1.54, 1.807) is 0 Å². The molecule has 0 bridgehead atoms. The number of pyridine rings is 1. The molecule has 1 aromatic heterocycles. The van der Waals surface area contributed by atoms with Crippen molar-refractivity contribution in [1.29, 1.82) is 0 Å². The van der Waals surface area contributed by atoms with Crippen molar-refractivity contribution in [3.63, 3.8) is 0 Å². The minimum absolute atomic E-state index is 1.28. The number of aromatic nitrogens is 1. The van der Waals surface area contributed by atoms with Crippen LogP contribution in [0.4, 0.5) is 0 Å². The van der Waals surface area contributed by atoms with Crippen LogP contribution in [0.15, 0.2) is 36.4 Å². The van der Waals surface area contributed by atoms with Crippen molar-refractivity contribution in [2.75, 3.05) is 0 Å². The van der Waals surface area contributed by atoms with E-state index >= 15 is 0 Å². The fraction of sp³-hybridized carbons (Fsp3) is 0.267. The van der Waals surface area contributed by atoms with Crippen molar-refractivity contribution in [2.24, 2.45) is 0 Å². The first kappa shape index (κ1) is 10.9. The van der Waals surface area contributed by atoms with Crippen LogP contribution in [0, 0.1) is 27.7 Å². The zero-order chi connectivity index (χ0) is 11.7. The van der Waals surface area contributed by atoms with E-state index in [0.717, 1.165) is 0 Å². The number of benzene rings is 1. The highest BCUT2D eigenvalue weighted by atomic mass is 15.0. The van der Waals surface area contributed by atoms with E-state index in [4.69, 9.17) is 0 Å². The van der Waals surface area contributed by atoms with Crippen LogP contribution in [-0.2, 0) is 0 Å². The highest BCUT2D eigenvalue weighted by Crippen LogP contribution is 2.11. The molecule has 0 aliphatic carbocycles. The summed E-state index contributed by atoms with van der Waals surface area (Å²) in [7, 11) is 0. The molecule has 1 nitrogen and oxygen atoms in total. The molecule has 0 N–H and O–H groups in total. The fourth-order valence-corrected chi connectivity index (χ4v) is 2.30. The first-order chi connectivity index (χ1) is 7.59. The summed E-state index contributed by atoms with van der Waals surface area (Å²) in [6.45, 7) is 8.61. The van der Waals surface area contributed by atoms with Gasteiger partial charge in [0.2, 0.25) is 5.69 Å². The molecular weight excluding hydrogens is 194 g/mol. The molecule has 16 heavy (non-hydrogen) atoms. The summed E-state index contributed by atoms with van der Waals surface area (Å²) in [6.07, 6.45) is 0. The molecule has 0 atom stereocenters. The highest BCUT2D eigenvalue weighted by molar-refractivity contribution is 5.33. The normalized spacial score (nSPS) is 10.5. The zero-order valence-electron chi connectivity index (χ0n) is 10.4. The van der Waals surface area contributed by atoms with Crippen molar-refractivity contribution in [3.8, 4) is 5.69 Å². The minimum Gasteiger partial charge on any atom is -0.162 e. The van der Waals surface area contributed by atoms with Gasteiger partial charge in [0.05, 0.1) is 0 Å². The zero-order valence-corrected chi connectivity index (χ0v) is 10.4. The summed E-state index contributed by atoms with van der Waals surface area (Å²) in [4.78, 5) is 0. The second-order valence-corrected chi connectivity index (χ2v) is 4.44. The Kier molecular flexibility index (Phi) is 2.78. The van der Waals surface area contributed by atoms with Crippen LogP contribution in [0.1, 0.15) is 22.5 Å². The average Bonchev–Trinajstić information content (AvgIpc) is 2.19. The summed E-state index contributed by atoms with van der Waals surface area (Å²) < 4.78 is 2.31. The predicted molar refractivity (Wildman–Crippen MR) is 66.9 cm³/mol. The molecule has 1 heterocycles. The molecule has 0 saturated carbocycles. The fourth-order valence-electron chi connectivity index (χ4n) is 2.30. The monoisotopic (exact) mass is 212 g/mol. The maximum absolute atomic E-state index is 2.31. The lowest BCUT2D eigenvalue weighted by atomic mass is 10.1. The molecule has 0 radical (unpaired) electrons. The summed E-state index contributed by atoms with van der Waals surface area (Å²) in [5, 5.41) is 0. The van der Waals surface area contributed by atoms with Crippen molar-refractivity contribution >= 4 is 0 Å². The van der Waals surface area contributed by atoms with Crippen LogP contribution < -0.4 is 4.57 Å². The Bertz CT molecular complexity index is 504. The van der Waals surface area contributed by atoms with Gasteiger partial charge in [0.1, 0.15) is 0 Å². The van der Waals surface area contributed by atoms with E-state index in [9.17, 15) is 0 Å². The highest BCUT2D eigenvalue weighted by Gasteiger charge is 2.16. The van der Waals surface area contributed by atoms with Crippen LogP contribution in [0.2, 0.25) is 0 Å². The van der Waals surface area contributed by atoms with Gasteiger partial charge in [0.15, 0.2) is 11.4 Å². The first-order valence-corrected chi connectivity index (χ1v) is 5.65. The maximum atomic E-state index is 2.31. The number of rotatable bonds is 1. The molecule has 0 spiro atoms. The Morgan fingerprint density at radius 3 is 1.94 bits per heavy atom. The van der Waals surface area contributed by atoms with Gasteiger partial charge in [-0.15, -0.1) is 0 Å². The Labute approximate surface area is 97.4 Å². The van der Waals surface area contributed by atoms with E-state index in [1.807, 2.05) is 0 Å². The van der Waals surface area contributed by atoms with Gasteiger partial charge in [0, 0.05) is 37.6 Å². The maximum Gasteiger partial charge on any atom is 0.213 e. The smallest absolute Gasteiger partial charge is 0.162 e. The van der Waals surface area contributed by atoms with Gasteiger partial charge in [-0.25, -0.2) is 0 Å². The van der Waals surface area contributed by atoms with Crippen molar-refractivity contribution < 1.29 is 4.57 Å². The first-order valence-electron chi connectivity index (χ1n) is 5.65. The summed E-state index contributed by atoms with van der Waals surface area (Å²) in [5.41, 5.74) is 6.47. The van der Waals surface area contributed by atoms with Crippen LogP contribution in [0.5, 0.6) is 0 Å². The Balaban J connectivity index is 2.70. The van der Waals surface area contributed by atoms with Gasteiger partial charge in [-0.05, 0) is 19.4 Å². The molecule has 2 rings (SSSR count). The van der Waals surface area contributed by atoms with Gasteiger partial charge >= 0.3 is 0 Å². The third-order valence-corrected chi connectivity index (χ3v) is 2.93. The summed E-state index contributed by atoms with van der Waals surface area (Å²) in [6, 6.07) is 12.9. The molecule has 0 aliphatic heterocycles. The minimum atomic E-state index is 1.28. The molecule has 1 aromatic carbocycles. The SMILES string of the molecule is Cc1cc(C)[n+](-c2ccccc2C)c(C)c1. The lowest BCUT2D eigenvalue weighted by Crippen LogP contribution is -2.38. The predicted octanol–water partition coefficient (Wildman–Crippen LogP) is 3.20. The largest absolute Gasteiger partial charge is 0.213 e. The van der Waals surface area contributed by atoms with E-state index < -0.39 is 0 Å². The van der Waals surface area contributed by atoms with Crippen LogP contribution in [0.25, 0.3) is 5.69 Å². The van der Waals surface area contributed by atoms with Gasteiger partial charge in [-0.1, -0.05) is 18.2 Å². The molecule has 0 saturated heterocycles. The lowest BCUT2D eigenvalue weighted by molar-refractivity contribution is -0.610. The van der Waals surface area contributed by atoms with Crippen LogP contribution in [0.3, 0.4) is 0 Å². The van der Waals surface area contributed by atoms with Crippen molar-refractivity contribution in [3.05, 3.63) is 58.9 Å². The van der Waals surface area contributed by atoms with E-state index in [1.165, 1.54) is 28.2 Å². The average molecular weight is 212 g/mol. The molecule has 82 valence electrons. The van der Waals surface area contributed by atoms with E-state index in [0.29, 0.717) is 0 Å². The quantitative estimate of drug-likeness (QED) is 0.639. The number of nitrogens with zero attached hydrogens (tertiary/aromatic N) is 1. The molecular formula is C15H18N+. The Morgan fingerprint density at radius 2 is 1.38 bits per heavy atom. The third-order valence-electron chi connectivity index (χ3n) is 2.93. The van der Waals surface area contributed by atoms with Crippen LogP contribution in [-0.4, -0.2) is 0 Å². The van der Waals surface area contributed by atoms with Gasteiger partial charge in [-0.2, -0.15) is 4.57 Å². The molecule has 0 amide bonds. The van der Waals surface area contributed by atoms with Gasteiger partial charge in [0.25, 0.3) is 0 Å². The molecule has 1 heteroatoms. The molecule has 0 unspecified atom stereocenters. The number of hydrogen-bond acceptors (Lipinski definition) is 0. The molecule has 2 aromatic rings. The van der Waals surface area contributed by atoms with Crippen molar-refractivity contribution in [2.45, 2.75) is 27.7 Å². The summed E-state index contributed by atoms with van der Waals surface area (Å²) in [5.74, 6) is 0. The third kappa shape index (κ3) is 1.85. The summed E-state index contributed by atoms with van der Waals surface area (Å²) >= 11 is 0. The second-order valence-electron chi connectivity index (χ2n) is 4.44. The van der Waals surface area contributed by atoms with Gasteiger partial charge in [-0.3, -0.25) is 0 Å². The Hall–Kier alpha value is -1.63. The van der Waals surface area contributed by atoms with Crippen LogP contribution >= 0.6 is 0 Å². The topological polar surface area (TPSA) is 3.88 Å². The Morgan fingerprint density at radius 1 is 0.812 bits per heavy atom.